The van der Waals surface area contributed by atoms with E-state index in [4.69, 9.17) is 0 Å². The Bertz CT molecular complexity index is 673. The molecule has 0 bridgehead atoms. The summed E-state index contributed by atoms with van der Waals surface area (Å²) in [4.78, 5) is 19.4. The van der Waals surface area contributed by atoms with Gasteiger partial charge in [0.05, 0.1) is 23.8 Å². The van der Waals surface area contributed by atoms with Crippen molar-refractivity contribution in [2.75, 3.05) is 0 Å². The van der Waals surface area contributed by atoms with Gasteiger partial charge in [-0.1, -0.05) is 15.9 Å². The summed E-state index contributed by atoms with van der Waals surface area (Å²) in [5, 5.41) is 5.98. The number of aromatic nitrogens is 2. The van der Waals surface area contributed by atoms with Gasteiger partial charge < -0.3 is 10.3 Å². The molecule has 21 heavy (non-hydrogen) atoms. The largest absolute Gasteiger partial charge is 0.351 e. The molecule has 0 spiro atoms. The summed E-state index contributed by atoms with van der Waals surface area (Å²) in [6, 6.07) is 4.10. The molecule has 1 aromatic heterocycles. The number of hydrogen-bond acceptors (Lipinski definition) is 3. The Morgan fingerprint density at radius 2 is 2.38 bits per heavy atom. The average molecular weight is 353 g/mol. The van der Waals surface area contributed by atoms with Crippen molar-refractivity contribution in [1.82, 2.24) is 20.6 Å². The Labute approximate surface area is 129 Å². The van der Waals surface area contributed by atoms with E-state index in [1.165, 1.54) is 12.1 Å². The van der Waals surface area contributed by atoms with Crippen molar-refractivity contribution in [3.63, 3.8) is 0 Å². The minimum absolute atomic E-state index is 0.111. The molecule has 0 radical (unpaired) electrons. The highest BCUT2D eigenvalue weighted by molar-refractivity contribution is 9.10. The lowest BCUT2D eigenvalue weighted by molar-refractivity contribution is -0.123. The van der Waals surface area contributed by atoms with Gasteiger partial charge in [0.1, 0.15) is 5.82 Å². The van der Waals surface area contributed by atoms with Gasteiger partial charge in [-0.3, -0.25) is 10.1 Å². The number of halogens is 2. The van der Waals surface area contributed by atoms with Crippen LogP contribution in [0.25, 0.3) is 0 Å². The quantitative estimate of drug-likeness (QED) is 0.786. The van der Waals surface area contributed by atoms with Crippen LogP contribution in [0.15, 0.2) is 29.0 Å². The third-order valence-corrected chi connectivity index (χ3v) is 4.28. The number of hydrogen-bond donors (Lipinski definition) is 3. The van der Waals surface area contributed by atoms with Crippen LogP contribution in [0, 0.1) is 5.82 Å². The van der Waals surface area contributed by atoms with E-state index in [1.807, 2.05) is 0 Å². The molecule has 1 aromatic carbocycles. The number of nitrogens with one attached hydrogen (secondary N) is 3. The highest BCUT2D eigenvalue weighted by atomic mass is 79.9. The Kier molecular flexibility index (Phi) is 4.03. The fourth-order valence-corrected chi connectivity index (χ4v) is 2.73. The van der Waals surface area contributed by atoms with Crippen LogP contribution in [-0.2, 0) is 24.3 Å². The maximum atomic E-state index is 13.2. The van der Waals surface area contributed by atoms with E-state index < -0.39 is 0 Å². The topological polar surface area (TPSA) is 69.8 Å². The number of nitrogens with zero attached hydrogens (tertiary/aromatic N) is 1. The van der Waals surface area contributed by atoms with Gasteiger partial charge >= 0.3 is 0 Å². The van der Waals surface area contributed by atoms with E-state index in [-0.39, 0.29) is 24.3 Å². The third kappa shape index (κ3) is 3.14. The molecule has 3 rings (SSSR count). The molecule has 2 aromatic rings. The fraction of sp³-hybridized carbons (Fsp3) is 0.286. The molecule has 3 N–H and O–H groups in total. The highest BCUT2D eigenvalue weighted by Gasteiger charge is 2.25. The van der Waals surface area contributed by atoms with Crippen LogP contribution in [-0.4, -0.2) is 21.9 Å². The van der Waals surface area contributed by atoms with E-state index in [9.17, 15) is 9.18 Å². The molecule has 7 heteroatoms. The summed E-state index contributed by atoms with van der Waals surface area (Å²) in [6.45, 7) is 0.875. The first-order valence-corrected chi connectivity index (χ1v) is 7.39. The number of benzene rings is 1. The second-order valence-corrected chi connectivity index (χ2v) is 5.77. The molecule has 2 heterocycles. The molecule has 110 valence electrons. The standard InChI is InChI=1S/C14H14BrFN4O/c15-10-2-1-9(16)3-8(10)5-18-14(21)12-4-11-13(6-17-12)20-7-19-11/h1-3,7,12,17H,4-6H2,(H,18,21)(H,19,20). The normalized spacial score (nSPS) is 17.3. The second-order valence-electron chi connectivity index (χ2n) is 4.92. The Hall–Kier alpha value is -1.73. The molecule has 0 fully saturated rings. The zero-order chi connectivity index (χ0) is 14.8. The Balaban J connectivity index is 1.61. The first-order chi connectivity index (χ1) is 10.1. The number of H-pyrrole nitrogens is 1. The third-order valence-electron chi connectivity index (χ3n) is 3.51. The summed E-state index contributed by atoms with van der Waals surface area (Å²) in [6.07, 6.45) is 2.19. The molecular weight excluding hydrogens is 339 g/mol. The lowest BCUT2D eigenvalue weighted by Crippen LogP contribution is -2.47. The van der Waals surface area contributed by atoms with Crippen LogP contribution in [0.4, 0.5) is 4.39 Å². The van der Waals surface area contributed by atoms with E-state index >= 15 is 0 Å². The lowest BCUT2D eigenvalue weighted by Gasteiger charge is -2.22. The molecule has 1 aliphatic rings. The van der Waals surface area contributed by atoms with Crippen LogP contribution < -0.4 is 10.6 Å². The van der Waals surface area contributed by atoms with E-state index in [0.29, 0.717) is 18.5 Å². The van der Waals surface area contributed by atoms with Crippen molar-refractivity contribution in [2.45, 2.75) is 25.6 Å². The van der Waals surface area contributed by atoms with Gasteiger partial charge in [0, 0.05) is 24.0 Å². The molecule has 1 atom stereocenters. The van der Waals surface area contributed by atoms with Crippen LogP contribution in [0.3, 0.4) is 0 Å². The maximum absolute atomic E-state index is 13.2. The van der Waals surface area contributed by atoms with Crippen molar-refractivity contribution in [2.24, 2.45) is 0 Å². The number of carbonyl (C=O) groups excluding carboxylic acids is 1. The second kappa shape index (κ2) is 5.95. The predicted molar refractivity (Wildman–Crippen MR) is 78.9 cm³/mol. The summed E-state index contributed by atoms with van der Waals surface area (Å²) in [7, 11) is 0. The van der Waals surface area contributed by atoms with Gasteiger partial charge in [-0.25, -0.2) is 9.37 Å². The maximum Gasteiger partial charge on any atom is 0.237 e. The number of aromatic amines is 1. The molecule has 1 unspecified atom stereocenters. The lowest BCUT2D eigenvalue weighted by atomic mass is 10.0. The first-order valence-electron chi connectivity index (χ1n) is 6.59. The van der Waals surface area contributed by atoms with Crippen LogP contribution in [0.5, 0.6) is 0 Å². The Morgan fingerprint density at radius 3 is 3.24 bits per heavy atom. The summed E-state index contributed by atoms with van der Waals surface area (Å²) in [5.74, 6) is -0.431. The van der Waals surface area contributed by atoms with Crippen molar-refractivity contribution in [1.29, 1.82) is 0 Å². The predicted octanol–water partition coefficient (Wildman–Crippen LogP) is 1.64. The van der Waals surface area contributed by atoms with Crippen molar-refractivity contribution < 1.29 is 9.18 Å². The van der Waals surface area contributed by atoms with Gasteiger partial charge in [-0.05, 0) is 23.8 Å². The Morgan fingerprint density at radius 1 is 1.52 bits per heavy atom. The highest BCUT2D eigenvalue weighted by Crippen LogP contribution is 2.18. The summed E-state index contributed by atoms with van der Waals surface area (Å²) >= 11 is 3.35. The van der Waals surface area contributed by atoms with Gasteiger partial charge in [0.25, 0.3) is 0 Å². The number of imidazole rings is 1. The number of amides is 1. The number of fused-ring (bicyclic) bond motifs is 1. The van der Waals surface area contributed by atoms with Crippen LogP contribution in [0.1, 0.15) is 17.0 Å². The van der Waals surface area contributed by atoms with Gasteiger partial charge in [0.15, 0.2) is 0 Å². The molecule has 1 aliphatic heterocycles. The summed E-state index contributed by atoms with van der Waals surface area (Å²) < 4.78 is 14.0. The zero-order valence-electron chi connectivity index (χ0n) is 11.1. The van der Waals surface area contributed by atoms with E-state index in [0.717, 1.165) is 15.9 Å². The zero-order valence-corrected chi connectivity index (χ0v) is 12.7. The van der Waals surface area contributed by atoms with Crippen molar-refractivity contribution in [3.8, 4) is 0 Å². The van der Waals surface area contributed by atoms with Gasteiger partial charge in [-0.15, -0.1) is 0 Å². The summed E-state index contributed by atoms with van der Waals surface area (Å²) in [5.41, 5.74) is 2.65. The minimum atomic E-state index is -0.320. The molecule has 5 nitrogen and oxygen atoms in total. The molecule has 0 aliphatic carbocycles. The van der Waals surface area contributed by atoms with Gasteiger partial charge in [-0.2, -0.15) is 0 Å². The molecule has 0 saturated heterocycles. The smallest absolute Gasteiger partial charge is 0.237 e. The molecule has 0 saturated carbocycles. The fourth-order valence-electron chi connectivity index (χ4n) is 2.34. The van der Waals surface area contributed by atoms with Crippen molar-refractivity contribution >= 4 is 21.8 Å². The van der Waals surface area contributed by atoms with E-state index in [1.54, 1.807) is 12.4 Å². The average Bonchev–Trinajstić information content (AvgIpc) is 2.95. The van der Waals surface area contributed by atoms with E-state index in [2.05, 4.69) is 36.5 Å². The molecule has 1 amide bonds. The number of rotatable bonds is 3. The first kappa shape index (κ1) is 14.2. The monoisotopic (exact) mass is 352 g/mol. The van der Waals surface area contributed by atoms with Crippen molar-refractivity contribution in [3.05, 3.63) is 51.8 Å². The SMILES string of the molecule is O=C(NCc1cc(F)ccc1Br)C1Cc2nc[nH]c2CN1. The van der Waals surface area contributed by atoms with Crippen LogP contribution >= 0.6 is 15.9 Å². The van der Waals surface area contributed by atoms with Crippen LogP contribution in [0.2, 0.25) is 0 Å². The molecular formula is C14H14BrFN4O. The minimum Gasteiger partial charge on any atom is -0.351 e. The number of carbonyl (C=O) groups is 1. The van der Waals surface area contributed by atoms with Gasteiger partial charge in [0.2, 0.25) is 5.91 Å².